The first kappa shape index (κ1) is 14.3. The van der Waals surface area contributed by atoms with Crippen LogP contribution in [-0.4, -0.2) is 11.6 Å². The molecule has 4 nitrogen and oxygen atoms in total. The lowest BCUT2D eigenvalue weighted by Crippen LogP contribution is -2.17. The number of benzene rings is 1. The van der Waals surface area contributed by atoms with Gasteiger partial charge in [0.25, 0.3) is 0 Å². The second kappa shape index (κ2) is 6.39. The van der Waals surface area contributed by atoms with E-state index >= 15 is 0 Å². The van der Waals surface area contributed by atoms with E-state index in [1.807, 2.05) is 36.4 Å². The third-order valence-electron chi connectivity index (χ3n) is 2.76. The van der Waals surface area contributed by atoms with Crippen molar-refractivity contribution in [2.24, 2.45) is 5.10 Å². The van der Waals surface area contributed by atoms with E-state index in [2.05, 4.69) is 10.5 Å². The van der Waals surface area contributed by atoms with Crippen molar-refractivity contribution < 1.29 is 9.21 Å². The second-order valence-corrected chi connectivity index (χ2v) is 4.69. The third-order valence-corrected chi connectivity index (χ3v) is 3.01. The molecule has 1 amide bonds. The summed E-state index contributed by atoms with van der Waals surface area (Å²) in [6.45, 7) is 3.55. The fraction of sp³-hybridized carbons (Fsp3) is 0.200. The molecule has 0 aliphatic heterocycles. The molecule has 0 atom stereocenters. The number of hydrogen-bond donors (Lipinski definition) is 1. The summed E-state index contributed by atoms with van der Waals surface area (Å²) >= 11 is 5.85. The van der Waals surface area contributed by atoms with Gasteiger partial charge in [0.2, 0.25) is 5.91 Å². The van der Waals surface area contributed by atoms with Crippen LogP contribution in [-0.2, 0) is 4.79 Å². The Bertz CT molecular complexity index is 630. The van der Waals surface area contributed by atoms with E-state index in [0.717, 1.165) is 11.3 Å². The Balaban J connectivity index is 2.16. The van der Waals surface area contributed by atoms with Crippen LogP contribution < -0.4 is 5.43 Å². The highest BCUT2D eigenvalue weighted by Gasteiger charge is 2.07. The van der Waals surface area contributed by atoms with Gasteiger partial charge < -0.3 is 4.42 Å². The molecule has 20 heavy (non-hydrogen) atoms. The number of carbonyl (C=O) groups excluding carboxylic acids is 1. The smallest absolute Gasteiger partial charge is 0.239 e. The number of rotatable bonds is 4. The predicted octanol–water partition coefficient (Wildman–Crippen LogP) is 3.85. The van der Waals surface area contributed by atoms with Gasteiger partial charge in [-0.3, -0.25) is 4.79 Å². The minimum Gasteiger partial charge on any atom is -0.455 e. The average Bonchev–Trinajstić information content (AvgIpc) is 2.95. The molecule has 1 N–H and O–H groups in total. The van der Waals surface area contributed by atoms with E-state index in [4.69, 9.17) is 16.0 Å². The van der Waals surface area contributed by atoms with Crippen molar-refractivity contribution in [1.82, 2.24) is 5.43 Å². The number of hydrazone groups is 1. The maximum absolute atomic E-state index is 11.1. The lowest BCUT2D eigenvalue weighted by molar-refractivity contribution is -0.120. The molecule has 1 heterocycles. The molecule has 0 radical (unpaired) electrons. The molecule has 104 valence electrons. The Morgan fingerprint density at radius 1 is 1.25 bits per heavy atom. The lowest BCUT2D eigenvalue weighted by Gasteiger charge is -1.99. The van der Waals surface area contributed by atoms with Crippen molar-refractivity contribution >= 4 is 23.2 Å². The second-order valence-electron chi connectivity index (χ2n) is 4.26. The molecule has 0 saturated heterocycles. The SMILES string of the molecule is CCC(=O)N/N=C(/C)c1ccc(-c2ccc(Cl)cc2)o1. The van der Waals surface area contributed by atoms with E-state index in [0.29, 0.717) is 22.9 Å². The van der Waals surface area contributed by atoms with Crippen LogP contribution >= 0.6 is 11.6 Å². The summed E-state index contributed by atoms with van der Waals surface area (Å²) in [6.07, 6.45) is 0.394. The van der Waals surface area contributed by atoms with Crippen LogP contribution in [0.3, 0.4) is 0 Å². The minimum absolute atomic E-state index is 0.131. The van der Waals surface area contributed by atoms with Gasteiger partial charge in [-0.05, 0) is 43.3 Å². The van der Waals surface area contributed by atoms with Gasteiger partial charge in [-0.25, -0.2) is 5.43 Å². The number of nitrogens with one attached hydrogen (secondary N) is 1. The molecular formula is C15H15ClN2O2. The molecule has 0 aliphatic carbocycles. The van der Waals surface area contributed by atoms with Crippen LogP contribution in [0.25, 0.3) is 11.3 Å². The molecule has 1 aromatic carbocycles. The largest absolute Gasteiger partial charge is 0.455 e. The van der Waals surface area contributed by atoms with Crippen molar-refractivity contribution in [3.63, 3.8) is 0 Å². The summed E-state index contributed by atoms with van der Waals surface area (Å²) in [4.78, 5) is 11.1. The molecular weight excluding hydrogens is 276 g/mol. The molecule has 2 rings (SSSR count). The first-order chi connectivity index (χ1) is 9.60. The maximum Gasteiger partial charge on any atom is 0.239 e. The molecule has 0 fully saturated rings. The number of hydrogen-bond acceptors (Lipinski definition) is 3. The van der Waals surface area contributed by atoms with E-state index in [9.17, 15) is 4.79 Å². The van der Waals surface area contributed by atoms with Gasteiger partial charge in [-0.2, -0.15) is 5.10 Å². The Morgan fingerprint density at radius 3 is 2.60 bits per heavy atom. The van der Waals surface area contributed by atoms with Gasteiger partial charge in [-0.1, -0.05) is 18.5 Å². The number of carbonyl (C=O) groups is 1. The number of halogens is 1. The molecule has 2 aromatic rings. The van der Waals surface area contributed by atoms with Crippen LogP contribution in [0.4, 0.5) is 0 Å². The monoisotopic (exact) mass is 290 g/mol. The van der Waals surface area contributed by atoms with Gasteiger partial charge in [0, 0.05) is 17.0 Å². The molecule has 0 saturated carbocycles. The Morgan fingerprint density at radius 2 is 1.95 bits per heavy atom. The van der Waals surface area contributed by atoms with Crippen LogP contribution in [0, 0.1) is 0 Å². The normalized spacial score (nSPS) is 11.4. The van der Waals surface area contributed by atoms with Crippen LogP contribution in [0.2, 0.25) is 5.02 Å². The predicted molar refractivity (Wildman–Crippen MR) is 79.8 cm³/mol. The molecule has 0 unspecified atom stereocenters. The zero-order valence-corrected chi connectivity index (χ0v) is 12.1. The standard InChI is InChI=1S/C15H15ClN2O2/c1-3-15(19)18-17-10(2)13-8-9-14(20-13)11-4-6-12(16)7-5-11/h4-9H,3H2,1-2H3,(H,18,19)/b17-10-. The van der Waals surface area contributed by atoms with Gasteiger partial charge >= 0.3 is 0 Å². The summed E-state index contributed by atoms with van der Waals surface area (Å²) < 4.78 is 5.71. The van der Waals surface area contributed by atoms with Crippen molar-refractivity contribution in [3.05, 3.63) is 47.2 Å². The van der Waals surface area contributed by atoms with Gasteiger partial charge in [0.05, 0.1) is 0 Å². The Hall–Kier alpha value is -2.07. The topological polar surface area (TPSA) is 54.6 Å². The molecule has 0 aliphatic rings. The maximum atomic E-state index is 11.1. The fourth-order valence-electron chi connectivity index (χ4n) is 1.58. The molecule has 0 spiro atoms. The number of furan rings is 1. The zero-order chi connectivity index (χ0) is 14.5. The van der Waals surface area contributed by atoms with Crippen LogP contribution in [0.5, 0.6) is 0 Å². The molecule has 1 aromatic heterocycles. The summed E-state index contributed by atoms with van der Waals surface area (Å²) in [5, 5.41) is 4.67. The first-order valence-electron chi connectivity index (χ1n) is 6.29. The van der Waals surface area contributed by atoms with Crippen molar-refractivity contribution in [1.29, 1.82) is 0 Å². The van der Waals surface area contributed by atoms with Crippen molar-refractivity contribution in [2.75, 3.05) is 0 Å². The van der Waals surface area contributed by atoms with Crippen molar-refractivity contribution in [3.8, 4) is 11.3 Å². The highest BCUT2D eigenvalue weighted by Crippen LogP contribution is 2.24. The van der Waals surface area contributed by atoms with E-state index < -0.39 is 0 Å². The first-order valence-corrected chi connectivity index (χ1v) is 6.67. The molecule has 5 heteroatoms. The Kier molecular flexibility index (Phi) is 4.58. The summed E-state index contributed by atoms with van der Waals surface area (Å²) in [5.41, 5.74) is 4.01. The average molecular weight is 291 g/mol. The third kappa shape index (κ3) is 3.48. The number of nitrogens with zero attached hydrogens (tertiary/aromatic N) is 1. The van der Waals surface area contributed by atoms with Crippen LogP contribution in [0.15, 0.2) is 45.9 Å². The summed E-state index contributed by atoms with van der Waals surface area (Å²) in [5.74, 6) is 1.22. The van der Waals surface area contributed by atoms with Crippen LogP contribution in [0.1, 0.15) is 26.0 Å². The number of amides is 1. The fourth-order valence-corrected chi connectivity index (χ4v) is 1.71. The lowest BCUT2D eigenvalue weighted by atomic mass is 10.2. The highest BCUT2D eigenvalue weighted by molar-refractivity contribution is 6.30. The summed E-state index contributed by atoms with van der Waals surface area (Å²) in [7, 11) is 0. The Labute approximate surface area is 122 Å². The van der Waals surface area contributed by atoms with Gasteiger partial charge in [0.15, 0.2) is 5.76 Å². The minimum atomic E-state index is -0.131. The van der Waals surface area contributed by atoms with Crippen molar-refractivity contribution in [2.45, 2.75) is 20.3 Å². The van der Waals surface area contributed by atoms with E-state index in [1.54, 1.807) is 13.8 Å². The van der Waals surface area contributed by atoms with E-state index in [1.165, 1.54) is 0 Å². The quantitative estimate of drug-likeness (QED) is 0.687. The summed E-state index contributed by atoms with van der Waals surface area (Å²) in [6, 6.07) is 11.1. The zero-order valence-electron chi connectivity index (χ0n) is 11.3. The van der Waals surface area contributed by atoms with Gasteiger partial charge in [0.1, 0.15) is 11.5 Å². The highest BCUT2D eigenvalue weighted by atomic mass is 35.5. The van der Waals surface area contributed by atoms with Gasteiger partial charge in [-0.15, -0.1) is 0 Å². The van der Waals surface area contributed by atoms with E-state index in [-0.39, 0.29) is 5.91 Å². The molecule has 0 bridgehead atoms.